The fourth-order valence-corrected chi connectivity index (χ4v) is 1.93. The summed E-state index contributed by atoms with van der Waals surface area (Å²) in [5, 5.41) is 9.59. The number of hydrogen-bond acceptors (Lipinski definition) is 4. The molecule has 0 atom stereocenters. The average molecular weight is 274 g/mol. The van der Waals surface area contributed by atoms with Crippen LogP contribution in [-0.2, 0) is 9.47 Å². The molecule has 0 saturated heterocycles. The standard InChI is InChI=1S/C15H15FN2O2/c1-3-19-15(20-4-2)12-8-11-7-10(9-17)5-6-13(11)18-14(12)16/h5-8,15H,3-4H2,1-2H3. The third kappa shape index (κ3) is 2.93. The van der Waals surface area contributed by atoms with E-state index in [1.54, 1.807) is 24.3 Å². The van der Waals surface area contributed by atoms with Crippen LogP contribution in [0.25, 0.3) is 10.9 Å². The van der Waals surface area contributed by atoms with E-state index in [1.165, 1.54) is 0 Å². The lowest BCUT2D eigenvalue weighted by Gasteiger charge is -2.17. The third-order valence-corrected chi connectivity index (χ3v) is 2.81. The second-order valence-electron chi connectivity index (χ2n) is 4.13. The monoisotopic (exact) mass is 274 g/mol. The van der Waals surface area contributed by atoms with Gasteiger partial charge in [-0.15, -0.1) is 0 Å². The number of ether oxygens (including phenoxy) is 2. The van der Waals surface area contributed by atoms with Gasteiger partial charge in [-0.3, -0.25) is 0 Å². The number of nitrogens with zero attached hydrogens (tertiary/aromatic N) is 2. The molecule has 0 unspecified atom stereocenters. The Balaban J connectivity index is 2.51. The van der Waals surface area contributed by atoms with Crippen molar-refractivity contribution in [1.29, 1.82) is 5.26 Å². The molecule has 0 saturated carbocycles. The van der Waals surface area contributed by atoms with Crippen LogP contribution in [-0.4, -0.2) is 18.2 Å². The quantitative estimate of drug-likeness (QED) is 0.620. The number of pyridine rings is 1. The van der Waals surface area contributed by atoms with Crippen LogP contribution in [0.15, 0.2) is 24.3 Å². The van der Waals surface area contributed by atoms with E-state index in [0.717, 1.165) is 0 Å². The Morgan fingerprint density at radius 1 is 1.25 bits per heavy atom. The minimum Gasteiger partial charge on any atom is -0.349 e. The summed E-state index contributed by atoms with van der Waals surface area (Å²) in [5.74, 6) is -0.617. The van der Waals surface area contributed by atoms with E-state index >= 15 is 0 Å². The number of rotatable bonds is 5. The van der Waals surface area contributed by atoms with Crippen molar-refractivity contribution in [1.82, 2.24) is 4.98 Å². The zero-order chi connectivity index (χ0) is 14.5. The van der Waals surface area contributed by atoms with Gasteiger partial charge in [-0.2, -0.15) is 9.65 Å². The summed E-state index contributed by atoms with van der Waals surface area (Å²) >= 11 is 0. The number of fused-ring (bicyclic) bond motifs is 1. The van der Waals surface area contributed by atoms with Crippen molar-refractivity contribution in [2.45, 2.75) is 20.1 Å². The summed E-state index contributed by atoms with van der Waals surface area (Å²) < 4.78 is 24.8. The van der Waals surface area contributed by atoms with E-state index in [9.17, 15) is 4.39 Å². The highest BCUT2D eigenvalue weighted by Crippen LogP contribution is 2.25. The van der Waals surface area contributed by atoms with Gasteiger partial charge in [0.2, 0.25) is 5.95 Å². The van der Waals surface area contributed by atoms with Crippen LogP contribution >= 0.6 is 0 Å². The molecule has 0 fully saturated rings. The molecule has 0 spiro atoms. The molecule has 0 aliphatic heterocycles. The summed E-state index contributed by atoms with van der Waals surface area (Å²) in [6, 6.07) is 8.57. The Hall–Kier alpha value is -2.03. The van der Waals surface area contributed by atoms with Crippen molar-refractivity contribution in [2.75, 3.05) is 13.2 Å². The molecule has 0 aliphatic carbocycles. The van der Waals surface area contributed by atoms with Crippen LogP contribution in [0.1, 0.15) is 31.3 Å². The molecule has 2 rings (SSSR count). The predicted molar refractivity (Wildman–Crippen MR) is 72.4 cm³/mol. The second-order valence-corrected chi connectivity index (χ2v) is 4.13. The van der Waals surface area contributed by atoms with Gasteiger partial charge in [0.25, 0.3) is 0 Å². The van der Waals surface area contributed by atoms with Gasteiger partial charge in [0.05, 0.1) is 22.7 Å². The number of hydrogen-bond donors (Lipinski definition) is 0. The Morgan fingerprint density at radius 2 is 1.95 bits per heavy atom. The van der Waals surface area contributed by atoms with Gasteiger partial charge in [-0.1, -0.05) is 0 Å². The molecule has 0 amide bonds. The summed E-state index contributed by atoms with van der Waals surface area (Å²) in [6.07, 6.45) is -0.785. The lowest BCUT2D eigenvalue weighted by atomic mass is 10.1. The highest BCUT2D eigenvalue weighted by molar-refractivity contribution is 5.80. The highest BCUT2D eigenvalue weighted by Gasteiger charge is 2.18. The van der Waals surface area contributed by atoms with Gasteiger partial charge in [-0.25, -0.2) is 4.98 Å². The minimum atomic E-state index is -0.785. The Morgan fingerprint density at radius 3 is 2.55 bits per heavy atom. The first-order valence-electron chi connectivity index (χ1n) is 6.43. The van der Waals surface area contributed by atoms with E-state index in [4.69, 9.17) is 14.7 Å². The van der Waals surface area contributed by atoms with Gasteiger partial charge >= 0.3 is 0 Å². The van der Waals surface area contributed by atoms with Crippen molar-refractivity contribution in [3.8, 4) is 6.07 Å². The molecule has 0 N–H and O–H groups in total. The topological polar surface area (TPSA) is 55.1 Å². The van der Waals surface area contributed by atoms with E-state index in [0.29, 0.717) is 29.7 Å². The fraction of sp³-hybridized carbons (Fsp3) is 0.333. The van der Waals surface area contributed by atoms with Crippen LogP contribution in [0.4, 0.5) is 4.39 Å². The smallest absolute Gasteiger partial charge is 0.221 e. The number of benzene rings is 1. The zero-order valence-electron chi connectivity index (χ0n) is 11.4. The Bertz CT molecular complexity index is 646. The maximum Gasteiger partial charge on any atom is 0.221 e. The van der Waals surface area contributed by atoms with Gasteiger partial charge < -0.3 is 9.47 Å². The first kappa shape index (κ1) is 14.4. The summed E-state index contributed by atoms with van der Waals surface area (Å²) in [7, 11) is 0. The van der Waals surface area contributed by atoms with Crippen molar-refractivity contribution >= 4 is 10.9 Å². The van der Waals surface area contributed by atoms with E-state index in [1.807, 2.05) is 19.9 Å². The van der Waals surface area contributed by atoms with Crippen LogP contribution in [0.2, 0.25) is 0 Å². The molecule has 0 aliphatic rings. The molecular weight excluding hydrogens is 259 g/mol. The van der Waals surface area contributed by atoms with Crippen molar-refractivity contribution in [2.24, 2.45) is 0 Å². The van der Waals surface area contributed by atoms with Crippen molar-refractivity contribution in [3.63, 3.8) is 0 Å². The lowest BCUT2D eigenvalue weighted by molar-refractivity contribution is -0.142. The largest absolute Gasteiger partial charge is 0.349 e. The van der Waals surface area contributed by atoms with Crippen LogP contribution < -0.4 is 0 Å². The van der Waals surface area contributed by atoms with Gasteiger partial charge in [0, 0.05) is 18.6 Å². The fourth-order valence-electron chi connectivity index (χ4n) is 1.93. The maximum absolute atomic E-state index is 14.1. The molecular formula is C15H15FN2O2. The van der Waals surface area contributed by atoms with Crippen molar-refractivity contribution < 1.29 is 13.9 Å². The minimum absolute atomic E-state index is 0.247. The zero-order valence-corrected chi connectivity index (χ0v) is 11.4. The van der Waals surface area contributed by atoms with Crippen LogP contribution in [0, 0.1) is 17.3 Å². The summed E-state index contributed by atoms with van der Waals surface area (Å²) in [4.78, 5) is 3.90. The predicted octanol–water partition coefficient (Wildman–Crippen LogP) is 3.32. The van der Waals surface area contributed by atoms with E-state index < -0.39 is 12.2 Å². The highest BCUT2D eigenvalue weighted by atomic mass is 19.1. The van der Waals surface area contributed by atoms with Gasteiger partial charge in [-0.05, 0) is 38.1 Å². The first-order valence-corrected chi connectivity index (χ1v) is 6.43. The summed E-state index contributed by atoms with van der Waals surface area (Å²) in [5.41, 5.74) is 1.24. The average Bonchev–Trinajstić information content (AvgIpc) is 2.46. The summed E-state index contributed by atoms with van der Waals surface area (Å²) in [6.45, 7) is 4.43. The van der Waals surface area contributed by atoms with Crippen LogP contribution in [0.3, 0.4) is 0 Å². The third-order valence-electron chi connectivity index (χ3n) is 2.81. The van der Waals surface area contributed by atoms with E-state index in [-0.39, 0.29) is 5.56 Å². The molecule has 0 bridgehead atoms. The molecule has 1 aromatic carbocycles. The first-order chi connectivity index (χ1) is 9.69. The molecule has 1 aromatic heterocycles. The number of aromatic nitrogens is 1. The molecule has 0 radical (unpaired) electrons. The molecule has 4 nitrogen and oxygen atoms in total. The van der Waals surface area contributed by atoms with Crippen molar-refractivity contribution in [3.05, 3.63) is 41.3 Å². The molecule has 1 heterocycles. The van der Waals surface area contributed by atoms with Gasteiger partial charge in [0.15, 0.2) is 6.29 Å². The SMILES string of the molecule is CCOC(OCC)c1cc2cc(C#N)ccc2nc1F. The Labute approximate surface area is 116 Å². The number of nitriles is 1. The van der Waals surface area contributed by atoms with Gasteiger partial charge in [0.1, 0.15) is 0 Å². The lowest BCUT2D eigenvalue weighted by Crippen LogP contribution is -2.11. The molecule has 2 aromatic rings. The number of halogens is 1. The van der Waals surface area contributed by atoms with E-state index in [2.05, 4.69) is 4.98 Å². The maximum atomic E-state index is 14.1. The second kappa shape index (κ2) is 6.42. The molecule has 104 valence electrons. The van der Waals surface area contributed by atoms with Crippen LogP contribution in [0.5, 0.6) is 0 Å². The normalized spacial score (nSPS) is 10.9. The Kier molecular flexibility index (Phi) is 4.61. The molecule has 20 heavy (non-hydrogen) atoms. The molecule has 5 heteroatoms.